The molecular formula is C20H35N7O4. The zero-order valence-electron chi connectivity index (χ0n) is 18.0. The summed E-state index contributed by atoms with van der Waals surface area (Å²) in [7, 11) is 0. The molecule has 9 N–H and O–H groups in total. The molecule has 0 spiro atoms. The number of hydrogen-bond donors (Lipinski definition) is 7. The van der Waals surface area contributed by atoms with Crippen LogP contribution in [0.15, 0.2) is 0 Å². The second kappa shape index (κ2) is 11.6. The Labute approximate surface area is 182 Å². The molecule has 1 unspecified atom stereocenters. The first-order valence-electron chi connectivity index (χ1n) is 11.0. The van der Waals surface area contributed by atoms with Crippen LogP contribution in [0.4, 0.5) is 0 Å². The van der Waals surface area contributed by atoms with E-state index in [9.17, 15) is 19.2 Å². The largest absolute Gasteiger partial charge is 0.370 e. The minimum atomic E-state index is -0.884. The van der Waals surface area contributed by atoms with Gasteiger partial charge < -0.3 is 32.7 Å². The van der Waals surface area contributed by atoms with Gasteiger partial charge in [-0.1, -0.05) is 19.8 Å². The predicted molar refractivity (Wildman–Crippen MR) is 115 cm³/mol. The van der Waals surface area contributed by atoms with E-state index in [1.54, 1.807) is 0 Å². The first-order valence-corrected chi connectivity index (χ1v) is 11.0. The molecule has 0 aromatic heterocycles. The van der Waals surface area contributed by atoms with Crippen molar-refractivity contribution in [1.29, 1.82) is 5.41 Å². The molecule has 11 heteroatoms. The molecule has 0 saturated carbocycles. The van der Waals surface area contributed by atoms with Crippen molar-refractivity contribution in [2.75, 3.05) is 13.1 Å². The van der Waals surface area contributed by atoms with Gasteiger partial charge in [0.2, 0.25) is 17.7 Å². The highest BCUT2D eigenvalue weighted by Gasteiger charge is 2.42. The molecule has 3 amide bonds. The van der Waals surface area contributed by atoms with Gasteiger partial charge in [-0.3, -0.25) is 24.6 Å². The van der Waals surface area contributed by atoms with Crippen LogP contribution < -0.4 is 32.7 Å². The number of nitrogens with two attached hydrogens (primary N) is 2. The van der Waals surface area contributed by atoms with E-state index >= 15 is 0 Å². The van der Waals surface area contributed by atoms with Crippen LogP contribution in [0.25, 0.3) is 0 Å². The minimum absolute atomic E-state index is 0.0882. The van der Waals surface area contributed by atoms with Gasteiger partial charge in [-0.25, -0.2) is 0 Å². The van der Waals surface area contributed by atoms with E-state index < -0.39 is 23.8 Å². The topological polar surface area (TPSA) is 192 Å². The van der Waals surface area contributed by atoms with Crippen LogP contribution in [-0.2, 0) is 19.2 Å². The number of unbranched alkanes of at least 4 members (excludes halogenated alkanes) is 1. The molecule has 2 aliphatic rings. The Balaban J connectivity index is 1.99. The number of rotatable bonds is 11. The van der Waals surface area contributed by atoms with Gasteiger partial charge in [-0.05, 0) is 25.7 Å². The fourth-order valence-electron chi connectivity index (χ4n) is 4.25. The minimum Gasteiger partial charge on any atom is -0.370 e. The fraction of sp³-hybridized carbons (Fsp3) is 0.750. The van der Waals surface area contributed by atoms with Crippen molar-refractivity contribution in [3.63, 3.8) is 0 Å². The number of nitrogens with one attached hydrogen (secondary N) is 5. The average molecular weight is 438 g/mol. The molecule has 174 valence electrons. The Hall–Kier alpha value is -2.69. The highest BCUT2D eigenvalue weighted by atomic mass is 16.2. The summed E-state index contributed by atoms with van der Waals surface area (Å²) in [6.07, 6.45) is 3.87. The smallest absolute Gasteiger partial charge is 0.240 e. The maximum atomic E-state index is 13.1. The Kier molecular flexibility index (Phi) is 9.22. The van der Waals surface area contributed by atoms with E-state index in [-0.39, 0.29) is 48.5 Å². The van der Waals surface area contributed by atoms with E-state index in [4.69, 9.17) is 16.9 Å². The normalized spacial score (nSPS) is 28.4. The van der Waals surface area contributed by atoms with Gasteiger partial charge in [0, 0.05) is 37.4 Å². The molecule has 31 heavy (non-hydrogen) atoms. The zero-order chi connectivity index (χ0) is 23.0. The second-order valence-electron chi connectivity index (χ2n) is 8.37. The molecule has 2 rings (SSSR count). The van der Waals surface area contributed by atoms with Gasteiger partial charge in [-0.15, -0.1) is 0 Å². The number of piperidine rings is 1. The van der Waals surface area contributed by atoms with Crippen molar-refractivity contribution in [1.82, 2.24) is 21.3 Å². The Morgan fingerprint density at radius 3 is 2.48 bits per heavy atom. The summed E-state index contributed by atoms with van der Waals surface area (Å²) >= 11 is 0. The highest BCUT2D eigenvalue weighted by molar-refractivity contribution is 5.95. The Morgan fingerprint density at radius 2 is 1.87 bits per heavy atom. The monoisotopic (exact) mass is 437 g/mol. The van der Waals surface area contributed by atoms with Crippen molar-refractivity contribution in [2.45, 2.75) is 70.0 Å². The molecule has 0 aromatic carbocycles. The number of carbonyl (C=O) groups excluding carboxylic acids is 4. The lowest BCUT2D eigenvalue weighted by Gasteiger charge is -2.36. The average Bonchev–Trinajstić information content (AvgIpc) is 2.70. The van der Waals surface area contributed by atoms with Crippen LogP contribution in [0.3, 0.4) is 0 Å². The zero-order valence-corrected chi connectivity index (χ0v) is 18.0. The lowest BCUT2D eigenvalue weighted by Crippen LogP contribution is -2.59. The highest BCUT2D eigenvalue weighted by Crippen LogP contribution is 2.29. The first kappa shape index (κ1) is 24.6. The van der Waals surface area contributed by atoms with Gasteiger partial charge >= 0.3 is 0 Å². The number of hydrogen-bond acceptors (Lipinski definition) is 6. The molecule has 2 aliphatic heterocycles. The second-order valence-corrected chi connectivity index (χ2v) is 8.37. The van der Waals surface area contributed by atoms with Crippen LogP contribution in [0.5, 0.6) is 0 Å². The van der Waals surface area contributed by atoms with Gasteiger partial charge in [-0.2, -0.15) is 0 Å². The third-order valence-electron chi connectivity index (χ3n) is 5.96. The van der Waals surface area contributed by atoms with Crippen molar-refractivity contribution >= 4 is 29.5 Å². The number of guanidine groups is 1. The molecule has 0 aromatic rings. The van der Waals surface area contributed by atoms with Crippen LogP contribution in [0.2, 0.25) is 0 Å². The Bertz CT molecular complexity index is 699. The van der Waals surface area contributed by atoms with Gasteiger partial charge in [0.05, 0.1) is 6.04 Å². The summed E-state index contributed by atoms with van der Waals surface area (Å²) in [5.74, 6) is -2.73. The van der Waals surface area contributed by atoms with Crippen LogP contribution in [0, 0.1) is 17.2 Å². The third-order valence-corrected chi connectivity index (χ3v) is 5.96. The summed E-state index contributed by atoms with van der Waals surface area (Å²) in [5, 5.41) is 18.6. The maximum absolute atomic E-state index is 13.1. The number of piperazine rings is 1. The SMILES string of the molecule is CCCC[C@@H]1NC[C@H](CC(=O)C2C[C@H](C(N)=O)NC(=O)[C@@H]2CCCNC(=N)N)NC1=O. The molecule has 0 radical (unpaired) electrons. The summed E-state index contributed by atoms with van der Waals surface area (Å²) in [4.78, 5) is 49.7. The summed E-state index contributed by atoms with van der Waals surface area (Å²) in [5.41, 5.74) is 10.6. The number of amides is 3. The van der Waals surface area contributed by atoms with Crippen molar-refractivity contribution in [3.8, 4) is 0 Å². The standard InChI is InChI=1S/C20H35N7O4/c1-2-3-6-14-19(31)26-11(10-25-14)8-16(28)13-9-15(17(21)29)27-18(30)12(13)5-4-7-24-20(22)23/h11-15,25H,2-10H2,1H3,(H2,21,29)(H,26,31)(H,27,30)(H4,22,23,24)/t11-,12+,13?,14-,15+/m0/s1. The van der Waals surface area contributed by atoms with Crippen molar-refractivity contribution in [2.24, 2.45) is 23.3 Å². The van der Waals surface area contributed by atoms with E-state index in [1.165, 1.54) is 0 Å². The van der Waals surface area contributed by atoms with E-state index in [1.807, 2.05) is 0 Å². The lowest BCUT2D eigenvalue weighted by atomic mass is 9.75. The first-order chi connectivity index (χ1) is 14.7. The molecule has 2 saturated heterocycles. The van der Waals surface area contributed by atoms with Gasteiger partial charge in [0.15, 0.2) is 5.96 Å². The summed E-state index contributed by atoms with van der Waals surface area (Å²) in [6.45, 7) is 2.95. The van der Waals surface area contributed by atoms with Crippen LogP contribution >= 0.6 is 0 Å². The molecule has 2 heterocycles. The van der Waals surface area contributed by atoms with E-state index in [0.29, 0.717) is 25.9 Å². The fourth-order valence-corrected chi connectivity index (χ4v) is 4.25. The number of ketones is 1. The van der Waals surface area contributed by atoms with Crippen LogP contribution in [-0.4, -0.2) is 60.7 Å². The summed E-state index contributed by atoms with van der Waals surface area (Å²) < 4.78 is 0. The summed E-state index contributed by atoms with van der Waals surface area (Å²) in [6, 6.07) is -1.48. The number of Topliss-reactive ketones (excluding diaryl/α,β-unsaturated/α-hetero) is 1. The van der Waals surface area contributed by atoms with Crippen molar-refractivity contribution < 1.29 is 19.2 Å². The Morgan fingerprint density at radius 1 is 1.13 bits per heavy atom. The number of primary amides is 1. The molecule has 5 atom stereocenters. The van der Waals surface area contributed by atoms with Crippen LogP contribution in [0.1, 0.15) is 51.9 Å². The molecule has 0 aliphatic carbocycles. The third kappa shape index (κ3) is 7.20. The molecule has 2 fully saturated rings. The van der Waals surface area contributed by atoms with E-state index in [0.717, 1.165) is 19.3 Å². The van der Waals surface area contributed by atoms with Gasteiger partial charge in [0.25, 0.3) is 0 Å². The molecule has 0 bridgehead atoms. The van der Waals surface area contributed by atoms with Gasteiger partial charge in [0.1, 0.15) is 11.8 Å². The maximum Gasteiger partial charge on any atom is 0.240 e. The molecule has 11 nitrogen and oxygen atoms in total. The van der Waals surface area contributed by atoms with Crippen molar-refractivity contribution in [3.05, 3.63) is 0 Å². The molecular weight excluding hydrogens is 402 g/mol. The quantitative estimate of drug-likeness (QED) is 0.116. The number of carbonyl (C=O) groups is 4. The predicted octanol–water partition coefficient (Wildman–Crippen LogP) is -1.54. The lowest BCUT2D eigenvalue weighted by molar-refractivity contribution is -0.141. The van der Waals surface area contributed by atoms with E-state index in [2.05, 4.69) is 28.2 Å².